The lowest BCUT2D eigenvalue weighted by atomic mass is 9.86. The fraction of sp³-hybridized carbons (Fsp3) is 0.357. The summed E-state index contributed by atoms with van der Waals surface area (Å²) < 4.78 is 14.2. The highest BCUT2D eigenvalue weighted by Crippen LogP contribution is 2.34. The van der Waals surface area contributed by atoms with E-state index >= 15 is 0 Å². The average molecular weight is 273 g/mol. The highest BCUT2D eigenvalue weighted by Gasteiger charge is 2.24. The SMILES string of the molecule is Cc1ccc2c(c1F)CCC[C@H]2Nc1ncnc(N)n1. The van der Waals surface area contributed by atoms with Crippen molar-refractivity contribution in [3.05, 3.63) is 41.0 Å². The maximum absolute atomic E-state index is 14.2. The Morgan fingerprint density at radius 1 is 1.35 bits per heavy atom. The highest BCUT2D eigenvalue weighted by molar-refractivity contribution is 5.42. The molecule has 0 saturated heterocycles. The van der Waals surface area contributed by atoms with Crippen LogP contribution in [0, 0.1) is 12.7 Å². The molecule has 1 aliphatic carbocycles. The third-order valence-electron chi connectivity index (χ3n) is 3.66. The Balaban J connectivity index is 1.92. The minimum absolute atomic E-state index is 0.00986. The molecule has 1 aromatic carbocycles. The Bertz CT molecular complexity index is 643. The van der Waals surface area contributed by atoms with Gasteiger partial charge in [-0.1, -0.05) is 12.1 Å². The van der Waals surface area contributed by atoms with Gasteiger partial charge in [0.15, 0.2) is 0 Å². The smallest absolute Gasteiger partial charge is 0.227 e. The van der Waals surface area contributed by atoms with Gasteiger partial charge in [-0.05, 0) is 42.9 Å². The van der Waals surface area contributed by atoms with Crippen molar-refractivity contribution in [2.75, 3.05) is 11.1 Å². The lowest BCUT2D eigenvalue weighted by Crippen LogP contribution is -2.20. The first-order valence-corrected chi connectivity index (χ1v) is 6.64. The largest absolute Gasteiger partial charge is 0.368 e. The Morgan fingerprint density at radius 2 is 2.20 bits per heavy atom. The minimum atomic E-state index is -0.0934. The zero-order chi connectivity index (χ0) is 14.1. The number of aryl methyl sites for hydroxylation is 1. The van der Waals surface area contributed by atoms with Gasteiger partial charge in [-0.3, -0.25) is 0 Å². The van der Waals surface area contributed by atoms with Crippen LogP contribution in [0.25, 0.3) is 0 Å². The van der Waals surface area contributed by atoms with Crippen molar-refractivity contribution in [2.45, 2.75) is 32.2 Å². The molecule has 2 aromatic rings. The molecule has 1 atom stereocenters. The van der Waals surface area contributed by atoms with Gasteiger partial charge in [0.25, 0.3) is 0 Å². The van der Waals surface area contributed by atoms with E-state index in [9.17, 15) is 4.39 Å². The molecule has 5 nitrogen and oxygen atoms in total. The molecule has 1 aliphatic rings. The Kier molecular flexibility index (Phi) is 3.22. The fourth-order valence-electron chi connectivity index (χ4n) is 2.66. The van der Waals surface area contributed by atoms with Crippen molar-refractivity contribution in [2.24, 2.45) is 0 Å². The minimum Gasteiger partial charge on any atom is -0.368 e. The first-order valence-electron chi connectivity index (χ1n) is 6.64. The van der Waals surface area contributed by atoms with Gasteiger partial charge in [0, 0.05) is 0 Å². The second kappa shape index (κ2) is 5.03. The lowest BCUT2D eigenvalue weighted by molar-refractivity contribution is 0.542. The van der Waals surface area contributed by atoms with Gasteiger partial charge < -0.3 is 11.1 Å². The molecule has 0 fully saturated rings. The third-order valence-corrected chi connectivity index (χ3v) is 3.66. The van der Waals surface area contributed by atoms with Gasteiger partial charge in [-0.15, -0.1) is 0 Å². The predicted molar refractivity (Wildman–Crippen MR) is 74.7 cm³/mol. The van der Waals surface area contributed by atoms with E-state index in [-0.39, 0.29) is 17.8 Å². The van der Waals surface area contributed by atoms with Crippen molar-refractivity contribution in [3.63, 3.8) is 0 Å². The number of benzene rings is 1. The summed E-state index contributed by atoms with van der Waals surface area (Å²) in [7, 11) is 0. The number of hydrogen-bond donors (Lipinski definition) is 2. The zero-order valence-electron chi connectivity index (χ0n) is 11.2. The van der Waals surface area contributed by atoms with Gasteiger partial charge in [0.2, 0.25) is 11.9 Å². The van der Waals surface area contributed by atoms with Gasteiger partial charge in [-0.2, -0.15) is 4.98 Å². The molecule has 1 aromatic heterocycles. The Morgan fingerprint density at radius 3 is 3.00 bits per heavy atom. The van der Waals surface area contributed by atoms with Gasteiger partial charge >= 0.3 is 0 Å². The van der Waals surface area contributed by atoms with Crippen LogP contribution < -0.4 is 11.1 Å². The number of fused-ring (bicyclic) bond motifs is 1. The normalized spacial score (nSPS) is 17.6. The van der Waals surface area contributed by atoms with Crippen LogP contribution in [0.3, 0.4) is 0 Å². The van der Waals surface area contributed by atoms with Crippen molar-refractivity contribution < 1.29 is 4.39 Å². The van der Waals surface area contributed by atoms with Gasteiger partial charge in [0.05, 0.1) is 6.04 Å². The molecule has 0 aliphatic heterocycles. The molecule has 3 rings (SSSR count). The van der Waals surface area contributed by atoms with Crippen LogP contribution in [0.1, 0.15) is 35.6 Å². The second-order valence-electron chi connectivity index (χ2n) is 5.02. The van der Waals surface area contributed by atoms with E-state index in [0.717, 1.165) is 30.4 Å². The maximum atomic E-state index is 14.2. The maximum Gasteiger partial charge on any atom is 0.227 e. The number of anilines is 2. The van der Waals surface area contributed by atoms with Crippen LogP contribution in [0.5, 0.6) is 0 Å². The molecular weight excluding hydrogens is 257 g/mol. The van der Waals surface area contributed by atoms with E-state index in [2.05, 4.69) is 20.3 Å². The average Bonchev–Trinajstić information content (AvgIpc) is 2.43. The molecule has 20 heavy (non-hydrogen) atoms. The number of halogens is 1. The van der Waals surface area contributed by atoms with Crippen molar-refractivity contribution in [1.82, 2.24) is 15.0 Å². The summed E-state index contributed by atoms with van der Waals surface area (Å²) in [6, 6.07) is 3.81. The topological polar surface area (TPSA) is 76.7 Å². The fourth-order valence-corrected chi connectivity index (χ4v) is 2.66. The van der Waals surface area contributed by atoms with E-state index in [4.69, 9.17) is 5.73 Å². The monoisotopic (exact) mass is 273 g/mol. The Hall–Kier alpha value is -2.24. The Labute approximate surface area is 116 Å². The third kappa shape index (κ3) is 2.29. The van der Waals surface area contributed by atoms with Crippen LogP contribution in [-0.4, -0.2) is 15.0 Å². The van der Waals surface area contributed by atoms with Gasteiger partial charge in [0.1, 0.15) is 12.1 Å². The predicted octanol–water partition coefficient (Wildman–Crippen LogP) is 2.39. The number of aromatic nitrogens is 3. The summed E-state index contributed by atoms with van der Waals surface area (Å²) in [6.07, 6.45) is 4.00. The van der Waals surface area contributed by atoms with Crippen molar-refractivity contribution in [3.8, 4) is 0 Å². The molecule has 0 unspecified atom stereocenters. The van der Waals surface area contributed by atoms with Crippen molar-refractivity contribution in [1.29, 1.82) is 0 Å². The number of nitrogen functional groups attached to an aromatic ring is 1. The van der Waals surface area contributed by atoms with Crippen LogP contribution in [0.15, 0.2) is 18.5 Å². The number of nitrogens with one attached hydrogen (secondary N) is 1. The standard InChI is InChI=1S/C14H16FN5/c1-8-5-6-9-10(12(8)15)3-2-4-11(9)19-14-18-7-17-13(16)20-14/h5-7,11H,2-4H2,1H3,(H3,16,17,18,19,20)/t11-/m1/s1. The van der Waals surface area contributed by atoms with E-state index in [1.165, 1.54) is 6.33 Å². The molecular formula is C14H16FN5. The summed E-state index contributed by atoms with van der Waals surface area (Å²) in [5.41, 5.74) is 8.02. The molecule has 104 valence electrons. The van der Waals surface area contributed by atoms with Crippen LogP contribution in [0.2, 0.25) is 0 Å². The summed E-state index contributed by atoms with van der Waals surface area (Å²) in [4.78, 5) is 11.8. The molecule has 0 saturated carbocycles. The second-order valence-corrected chi connectivity index (χ2v) is 5.02. The first kappa shape index (κ1) is 12.8. The molecule has 0 radical (unpaired) electrons. The number of nitrogens with zero attached hydrogens (tertiary/aromatic N) is 3. The number of rotatable bonds is 2. The number of nitrogens with two attached hydrogens (primary N) is 1. The van der Waals surface area contributed by atoms with Crippen LogP contribution in [-0.2, 0) is 6.42 Å². The van der Waals surface area contributed by atoms with Crippen LogP contribution >= 0.6 is 0 Å². The van der Waals surface area contributed by atoms with E-state index in [1.54, 1.807) is 6.92 Å². The first-order chi connectivity index (χ1) is 9.65. The number of hydrogen-bond acceptors (Lipinski definition) is 5. The van der Waals surface area contributed by atoms with Gasteiger partial charge in [-0.25, -0.2) is 14.4 Å². The molecule has 3 N–H and O–H groups in total. The lowest BCUT2D eigenvalue weighted by Gasteiger charge is -2.27. The van der Waals surface area contributed by atoms with Crippen LogP contribution in [0.4, 0.5) is 16.3 Å². The summed E-state index contributed by atoms with van der Waals surface area (Å²) in [5.74, 6) is 0.508. The molecule has 1 heterocycles. The summed E-state index contributed by atoms with van der Waals surface area (Å²) in [6.45, 7) is 1.79. The van der Waals surface area contributed by atoms with E-state index in [0.29, 0.717) is 11.5 Å². The quantitative estimate of drug-likeness (QED) is 0.878. The zero-order valence-corrected chi connectivity index (χ0v) is 11.2. The molecule has 0 amide bonds. The van der Waals surface area contributed by atoms with E-state index < -0.39 is 0 Å². The summed E-state index contributed by atoms with van der Waals surface area (Å²) >= 11 is 0. The molecule has 0 bridgehead atoms. The molecule has 6 heteroatoms. The van der Waals surface area contributed by atoms with E-state index in [1.807, 2.05) is 12.1 Å². The van der Waals surface area contributed by atoms with Crippen molar-refractivity contribution >= 4 is 11.9 Å². The highest BCUT2D eigenvalue weighted by atomic mass is 19.1. The molecule has 0 spiro atoms. The summed E-state index contributed by atoms with van der Waals surface area (Å²) in [5, 5.41) is 3.22.